The van der Waals surface area contributed by atoms with Crippen LogP contribution in [0.5, 0.6) is 0 Å². The molecule has 0 unspecified atom stereocenters. The van der Waals surface area contributed by atoms with E-state index in [-0.39, 0.29) is 18.4 Å². The Kier molecular flexibility index (Phi) is 6.80. The Morgan fingerprint density at radius 3 is 2.33 bits per heavy atom. The summed E-state index contributed by atoms with van der Waals surface area (Å²) in [6.45, 7) is 3.83. The fraction of sp³-hybridized carbons (Fsp3) is 0.208. The van der Waals surface area contributed by atoms with Crippen molar-refractivity contribution in [1.29, 1.82) is 0 Å². The monoisotopic (exact) mass is 404 g/mol. The molecule has 0 bridgehead atoms. The number of benzene rings is 3. The summed E-state index contributed by atoms with van der Waals surface area (Å²) in [5.74, 6) is -0.975. The standard InChI is InChI=1S/C24H24N2O4/c1-3-26(22-10-6-8-19-7-4-5-9-21(19)22)23(28)16-30-24(29)20-13-11-18(12-14-20)15-25-17(2)27/h4-14H,3,15-16H2,1-2H3,(H,25,27). The Balaban J connectivity index is 1.65. The number of likely N-dealkylation sites (N-methyl/N-ethyl adjacent to an activating group) is 1. The first kappa shape index (κ1) is 21.0. The Hall–Kier alpha value is -3.67. The highest BCUT2D eigenvalue weighted by Crippen LogP contribution is 2.26. The van der Waals surface area contributed by atoms with Gasteiger partial charge in [0.25, 0.3) is 5.91 Å². The Morgan fingerprint density at radius 2 is 1.63 bits per heavy atom. The molecule has 30 heavy (non-hydrogen) atoms. The van der Waals surface area contributed by atoms with Gasteiger partial charge >= 0.3 is 5.97 Å². The van der Waals surface area contributed by atoms with Crippen LogP contribution in [-0.4, -0.2) is 30.9 Å². The molecule has 154 valence electrons. The second-order valence-electron chi connectivity index (χ2n) is 6.82. The van der Waals surface area contributed by atoms with Crippen molar-refractivity contribution in [2.24, 2.45) is 0 Å². The van der Waals surface area contributed by atoms with Crippen LogP contribution in [0.2, 0.25) is 0 Å². The lowest BCUT2D eigenvalue weighted by molar-refractivity contribution is -0.121. The molecule has 0 radical (unpaired) electrons. The highest BCUT2D eigenvalue weighted by atomic mass is 16.5. The average molecular weight is 404 g/mol. The number of anilines is 1. The normalized spacial score (nSPS) is 10.5. The number of carbonyl (C=O) groups excluding carboxylic acids is 3. The van der Waals surface area contributed by atoms with Crippen molar-refractivity contribution in [3.63, 3.8) is 0 Å². The van der Waals surface area contributed by atoms with E-state index >= 15 is 0 Å². The summed E-state index contributed by atoms with van der Waals surface area (Å²) in [7, 11) is 0. The molecule has 3 aromatic rings. The predicted molar refractivity (Wildman–Crippen MR) is 116 cm³/mol. The van der Waals surface area contributed by atoms with Crippen molar-refractivity contribution in [2.45, 2.75) is 20.4 Å². The van der Waals surface area contributed by atoms with E-state index in [9.17, 15) is 14.4 Å². The quantitative estimate of drug-likeness (QED) is 0.610. The number of fused-ring (bicyclic) bond motifs is 1. The molecule has 6 nitrogen and oxygen atoms in total. The van der Waals surface area contributed by atoms with Crippen LogP contribution in [0.25, 0.3) is 10.8 Å². The van der Waals surface area contributed by atoms with E-state index in [0.29, 0.717) is 18.7 Å². The summed E-state index contributed by atoms with van der Waals surface area (Å²) in [6.07, 6.45) is 0. The fourth-order valence-electron chi connectivity index (χ4n) is 3.20. The minimum Gasteiger partial charge on any atom is -0.452 e. The van der Waals surface area contributed by atoms with Gasteiger partial charge in [-0.05, 0) is 36.1 Å². The van der Waals surface area contributed by atoms with Crippen molar-refractivity contribution >= 4 is 34.2 Å². The largest absolute Gasteiger partial charge is 0.452 e. The van der Waals surface area contributed by atoms with Crippen LogP contribution in [0.3, 0.4) is 0 Å². The van der Waals surface area contributed by atoms with Crippen LogP contribution in [0, 0.1) is 0 Å². The van der Waals surface area contributed by atoms with Gasteiger partial charge in [-0.3, -0.25) is 9.59 Å². The van der Waals surface area contributed by atoms with Gasteiger partial charge in [0.2, 0.25) is 5.91 Å². The van der Waals surface area contributed by atoms with E-state index in [1.54, 1.807) is 29.2 Å². The van der Waals surface area contributed by atoms with Gasteiger partial charge < -0.3 is 15.0 Å². The summed E-state index contributed by atoms with van der Waals surface area (Å²) >= 11 is 0. The number of nitrogens with zero attached hydrogens (tertiary/aromatic N) is 1. The van der Waals surface area contributed by atoms with Gasteiger partial charge in [0.1, 0.15) is 0 Å². The number of carbonyl (C=O) groups is 3. The molecule has 0 fully saturated rings. The van der Waals surface area contributed by atoms with E-state index in [4.69, 9.17) is 4.74 Å². The Labute approximate surface area is 175 Å². The van der Waals surface area contributed by atoms with Gasteiger partial charge in [0, 0.05) is 25.4 Å². The lowest BCUT2D eigenvalue weighted by Crippen LogP contribution is -2.34. The van der Waals surface area contributed by atoms with Crippen LogP contribution < -0.4 is 10.2 Å². The molecule has 0 saturated carbocycles. The minimum absolute atomic E-state index is 0.122. The molecule has 0 heterocycles. The average Bonchev–Trinajstić information content (AvgIpc) is 2.77. The third-order valence-electron chi connectivity index (χ3n) is 4.73. The lowest BCUT2D eigenvalue weighted by atomic mass is 10.1. The minimum atomic E-state index is -0.566. The zero-order chi connectivity index (χ0) is 21.5. The molecule has 3 aromatic carbocycles. The zero-order valence-electron chi connectivity index (χ0n) is 17.1. The number of esters is 1. The van der Waals surface area contributed by atoms with E-state index in [2.05, 4.69) is 5.32 Å². The van der Waals surface area contributed by atoms with Crippen LogP contribution >= 0.6 is 0 Å². The van der Waals surface area contributed by atoms with Crippen molar-refractivity contribution in [3.8, 4) is 0 Å². The van der Waals surface area contributed by atoms with Gasteiger partial charge in [-0.25, -0.2) is 4.79 Å². The van der Waals surface area contributed by atoms with E-state index in [0.717, 1.165) is 22.0 Å². The molecule has 6 heteroatoms. The highest BCUT2D eigenvalue weighted by Gasteiger charge is 2.18. The molecule has 0 saturated heterocycles. The maximum absolute atomic E-state index is 12.8. The number of ether oxygens (including phenoxy) is 1. The van der Waals surface area contributed by atoms with Gasteiger partial charge in [-0.1, -0.05) is 48.5 Å². The van der Waals surface area contributed by atoms with Crippen molar-refractivity contribution < 1.29 is 19.1 Å². The molecular weight excluding hydrogens is 380 g/mol. The van der Waals surface area contributed by atoms with E-state index in [1.165, 1.54) is 6.92 Å². The van der Waals surface area contributed by atoms with Crippen LogP contribution in [-0.2, 0) is 20.9 Å². The van der Waals surface area contributed by atoms with Gasteiger partial charge in [-0.2, -0.15) is 0 Å². The van der Waals surface area contributed by atoms with E-state index in [1.807, 2.05) is 49.4 Å². The van der Waals surface area contributed by atoms with Crippen LogP contribution in [0.4, 0.5) is 5.69 Å². The molecule has 0 atom stereocenters. The Bertz CT molecular complexity index is 1050. The summed E-state index contributed by atoms with van der Waals surface area (Å²) in [6, 6.07) is 20.3. The molecule has 0 aliphatic carbocycles. The first-order valence-electron chi connectivity index (χ1n) is 9.78. The molecule has 2 amide bonds. The zero-order valence-corrected chi connectivity index (χ0v) is 17.1. The van der Waals surface area contributed by atoms with Crippen LogP contribution in [0.15, 0.2) is 66.7 Å². The summed E-state index contributed by atoms with van der Waals surface area (Å²) in [4.78, 5) is 37.7. The second-order valence-corrected chi connectivity index (χ2v) is 6.82. The van der Waals surface area contributed by atoms with Gasteiger partial charge in [-0.15, -0.1) is 0 Å². The number of nitrogens with one attached hydrogen (secondary N) is 1. The van der Waals surface area contributed by atoms with Crippen molar-refractivity contribution in [2.75, 3.05) is 18.1 Å². The first-order chi connectivity index (χ1) is 14.5. The molecule has 1 N–H and O–H groups in total. The van der Waals surface area contributed by atoms with Gasteiger partial charge in [0.15, 0.2) is 6.61 Å². The second kappa shape index (κ2) is 9.69. The topological polar surface area (TPSA) is 75.7 Å². The molecule has 0 spiro atoms. The third-order valence-corrected chi connectivity index (χ3v) is 4.73. The summed E-state index contributed by atoms with van der Waals surface area (Å²) in [5, 5.41) is 4.70. The maximum atomic E-state index is 12.8. The number of hydrogen-bond acceptors (Lipinski definition) is 4. The maximum Gasteiger partial charge on any atom is 0.338 e. The molecule has 0 aliphatic rings. The number of hydrogen-bond donors (Lipinski definition) is 1. The predicted octanol–water partition coefficient (Wildman–Crippen LogP) is 3.69. The van der Waals surface area contributed by atoms with Gasteiger partial charge in [0.05, 0.1) is 11.3 Å². The Morgan fingerprint density at radius 1 is 0.933 bits per heavy atom. The highest BCUT2D eigenvalue weighted by molar-refractivity contribution is 6.04. The third kappa shape index (κ3) is 5.03. The van der Waals surface area contributed by atoms with E-state index < -0.39 is 5.97 Å². The lowest BCUT2D eigenvalue weighted by Gasteiger charge is -2.22. The molecule has 3 rings (SSSR count). The smallest absolute Gasteiger partial charge is 0.338 e. The van der Waals surface area contributed by atoms with Crippen LogP contribution in [0.1, 0.15) is 29.8 Å². The molecule has 0 aromatic heterocycles. The molecular formula is C24H24N2O4. The van der Waals surface area contributed by atoms with Crippen molar-refractivity contribution in [1.82, 2.24) is 5.32 Å². The molecule has 0 aliphatic heterocycles. The first-order valence-corrected chi connectivity index (χ1v) is 9.78. The SMILES string of the molecule is CCN(C(=O)COC(=O)c1ccc(CNC(C)=O)cc1)c1cccc2ccccc12. The summed E-state index contributed by atoms with van der Waals surface area (Å²) < 4.78 is 5.24. The number of rotatable bonds is 7. The summed E-state index contributed by atoms with van der Waals surface area (Å²) in [5.41, 5.74) is 2.01. The fourth-order valence-corrected chi connectivity index (χ4v) is 3.20. The van der Waals surface area contributed by atoms with Crippen molar-refractivity contribution in [3.05, 3.63) is 77.9 Å². The number of amides is 2.